The summed E-state index contributed by atoms with van der Waals surface area (Å²) in [5, 5.41) is 0. The van der Waals surface area contributed by atoms with Gasteiger partial charge in [-0.2, -0.15) is 4.57 Å². The van der Waals surface area contributed by atoms with E-state index in [1.54, 1.807) is 0 Å². The third-order valence-electron chi connectivity index (χ3n) is 6.70. The molecule has 6 rings (SSSR count). The first-order valence-corrected chi connectivity index (χ1v) is 9.34. The Morgan fingerprint density at radius 3 is 1.83 bits per heavy atom. The fourth-order valence-corrected chi connectivity index (χ4v) is 6.10. The Morgan fingerprint density at radius 2 is 1.26 bits per heavy atom. The van der Waals surface area contributed by atoms with Gasteiger partial charge in [0.15, 0.2) is 17.9 Å². The van der Waals surface area contributed by atoms with Crippen molar-refractivity contribution in [2.45, 2.75) is 50.5 Å². The van der Waals surface area contributed by atoms with Gasteiger partial charge in [-0.3, -0.25) is 0 Å². The molecule has 0 N–H and O–H groups in total. The number of pyridine rings is 1. The van der Waals surface area contributed by atoms with Gasteiger partial charge in [-0.1, -0.05) is 30.3 Å². The summed E-state index contributed by atoms with van der Waals surface area (Å²) >= 11 is 0. The van der Waals surface area contributed by atoms with Gasteiger partial charge in [0, 0.05) is 31.4 Å². The lowest BCUT2D eigenvalue weighted by Gasteiger charge is -2.53. The summed E-state index contributed by atoms with van der Waals surface area (Å²) in [5.74, 6) is 3.04. The number of hydrogen-bond acceptors (Lipinski definition) is 0. The average Bonchev–Trinajstić information content (AvgIpc) is 2.55. The van der Waals surface area contributed by atoms with E-state index in [4.69, 9.17) is 0 Å². The Bertz CT molecular complexity index is 650. The van der Waals surface area contributed by atoms with Crippen LogP contribution in [-0.2, 0) is 12.0 Å². The maximum absolute atomic E-state index is 2.59. The minimum atomic E-state index is 0.458. The van der Waals surface area contributed by atoms with Crippen molar-refractivity contribution in [3.8, 4) is 0 Å². The van der Waals surface area contributed by atoms with Gasteiger partial charge in [0.25, 0.3) is 0 Å². The minimum Gasteiger partial charge on any atom is -0.200 e. The van der Waals surface area contributed by atoms with E-state index in [1.807, 2.05) is 0 Å². The lowest BCUT2D eigenvalue weighted by Crippen LogP contribution is -2.64. The smallest absolute Gasteiger partial charge is 0.169 e. The Balaban J connectivity index is 1.39. The molecule has 0 atom stereocenters. The Hall–Kier alpha value is -1.63. The van der Waals surface area contributed by atoms with Gasteiger partial charge in [-0.25, -0.2) is 0 Å². The second-order valence-corrected chi connectivity index (χ2v) is 8.42. The summed E-state index contributed by atoms with van der Waals surface area (Å²) in [6.07, 6.45) is 14.7. The van der Waals surface area contributed by atoms with Crippen LogP contribution < -0.4 is 4.57 Å². The van der Waals surface area contributed by atoms with E-state index in [0.29, 0.717) is 5.54 Å². The maximum Gasteiger partial charge on any atom is 0.169 e. The van der Waals surface area contributed by atoms with Crippen LogP contribution >= 0.6 is 0 Å². The highest BCUT2D eigenvalue weighted by Crippen LogP contribution is 2.56. The van der Waals surface area contributed by atoms with Crippen molar-refractivity contribution in [3.05, 3.63) is 66.0 Å². The minimum absolute atomic E-state index is 0.458. The number of benzene rings is 1. The molecule has 0 aliphatic heterocycles. The molecule has 1 heterocycles. The van der Waals surface area contributed by atoms with Gasteiger partial charge >= 0.3 is 0 Å². The van der Waals surface area contributed by atoms with Crippen LogP contribution in [0.4, 0.5) is 0 Å². The first-order valence-electron chi connectivity index (χ1n) is 9.34. The van der Waals surface area contributed by atoms with Crippen LogP contribution in [0.15, 0.2) is 54.9 Å². The van der Waals surface area contributed by atoms with Crippen molar-refractivity contribution >= 4 is 0 Å². The molecule has 1 heteroatoms. The van der Waals surface area contributed by atoms with Crippen molar-refractivity contribution in [2.24, 2.45) is 17.8 Å². The zero-order chi connectivity index (χ0) is 15.3. The highest BCUT2D eigenvalue weighted by molar-refractivity contribution is 5.23. The van der Waals surface area contributed by atoms with Crippen molar-refractivity contribution in [1.29, 1.82) is 0 Å². The molecule has 1 nitrogen and oxygen atoms in total. The summed E-state index contributed by atoms with van der Waals surface area (Å²) in [4.78, 5) is 0. The monoisotopic (exact) mass is 304 g/mol. The summed E-state index contributed by atoms with van der Waals surface area (Å²) in [7, 11) is 0. The van der Waals surface area contributed by atoms with E-state index in [2.05, 4.69) is 59.4 Å². The molecule has 1 aromatic heterocycles. The Kier molecular flexibility index (Phi) is 3.11. The van der Waals surface area contributed by atoms with Crippen LogP contribution in [0.25, 0.3) is 0 Å². The molecule has 2 aromatic rings. The first kappa shape index (κ1) is 13.8. The molecular weight excluding hydrogens is 278 g/mol. The standard InChI is InChI=1S/C22H26N/c1-2-4-17(5-3-1)10-18-6-8-23(9-7-18)22-14-19-11-20(15-22)13-21(12-19)16-22/h1-9,19-21H,10-16H2/q+1. The van der Waals surface area contributed by atoms with E-state index in [-0.39, 0.29) is 0 Å². The molecule has 118 valence electrons. The molecule has 0 radical (unpaired) electrons. The Labute approximate surface area is 139 Å². The molecule has 0 amide bonds. The van der Waals surface area contributed by atoms with Crippen LogP contribution in [0, 0.1) is 17.8 Å². The van der Waals surface area contributed by atoms with Crippen molar-refractivity contribution < 1.29 is 4.57 Å². The molecule has 4 fully saturated rings. The van der Waals surface area contributed by atoms with E-state index in [1.165, 1.54) is 49.7 Å². The van der Waals surface area contributed by atoms with Gasteiger partial charge in [0.05, 0.1) is 0 Å². The van der Waals surface area contributed by atoms with E-state index >= 15 is 0 Å². The second-order valence-electron chi connectivity index (χ2n) is 8.42. The first-order chi connectivity index (χ1) is 11.3. The third-order valence-corrected chi connectivity index (χ3v) is 6.70. The summed E-state index contributed by atoms with van der Waals surface area (Å²) in [5.41, 5.74) is 3.29. The number of hydrogen-bond donors (Lipinski definition) is 0. The third kappa shape index (κ3) is 2.41. The SMILES string of the molecule is c1ccc(Cc2cc[n+](C34CC5CC(CC(C5)C3)C4)cc2)cc1. The zero-order valence-corrected chi connectivity index (χ0v) is 13.8. The lowest BCUT2D eigenvalue weighted by molar-refractivity contribution is -0.776. The van der Waals surface area contributed by atoms with Crippen molar-refractivity contribution in [1.82, 2.24) is 0 Å². The Morgan fingerprint density at radius 1 is 0.739 bits per heavy atom. The topological polar surface area (TPSA) is 3.88 Å². The maximum atomic E-state index is 2.59. The van der Waals surface area contributed by atoms with Crippen molar-refractivity contribution in [3.63, 3.8) is 0 Å². The summed E-state index contributed by atoms with van der Waals surface area (Å²) in [6.45, 7) is 0. The van der Waals surface area contributed by atoms with Crippen LogP contribution in [0.3, 0.4) is 0 Å². The van der Waals surface area contributed by atoms with Crippen molar-refractivity contribution in [2.75, 3.05) is 0 Å². The van der Waals surface area contributed by atoms with Gasteiger partial charge in [0.1, 0.15) is 0 Å². The van der Waals surface area contributed by atoms with E-state index in [9.17, 15) is 0 Å². The van der Waals surface area contributed by atoms with Gasteiger partial charge in [-0.15, -0.1) is 0 Å². The van der Waals surface area contributed by atoms with Gasteiger partial charge < -0.3 is 0 Å². The summed E-state index contributed by atoms with van der Waals surface area (Å²) < 4.78 is 2.59. The summed E-state index contributed by atoms with van der Waals surface area (Å²) in [6, 6.07) is 15.5. The fourth-order valence-electron chi connectivity index (χ4n) is 6.10. The fraction of sp³-hybridized carbons (Fsp3) is 0.500. The molecule has 0 saturated heterocycles. The highest BCUT2D eigenvalue weighted by atomic mass is 15.0. The zero-order valence-electron chi connectivity index (χ0n) is 13.8. The molecule has 0 unspecified atom stereocenters. The highest BCUT2D eigenvalue weighted by Gasteiger charge is 2.56. The largest absolute Gasteiger partial charge is 0.200 e. The number of aromatic nitrogens is 1. The predicted molar refractivity (Wildman–Crippen MR) is 92.0 cm³/mol. The molecule has 1 aromatic carbocycles. The van der Waals surface area contributed by atoms with Crippen LogP contribution in [0.1, 0.15) is 49.7 Å². The van der Waals surface area contributed by atoms with E-state index < -0.39 is 0 Å². The number of rotatable bonds is 3. The molecule has 23 heavy (non-hydrogen) atoms. The van der Waals surface area contributed by atoms with Gasteiger partial charge in [0.2, 0.25) is 0 Å². The second kappa shape index (κ2) is 5.19. The van der Waals surface area contributed by atoms with Crippen LogP contribution in [0.5, 0.6) is 0 Å². The lowest BCUT2D eigenvalue weighted by atomic mass is 9.53. The normalized spacial score (nSPS) is 34.7. The molecule has 4 aliphatic rings. The van der Waals surface area contributed by atoms with Gasteiger partial charge in [-0.05, 0) is 54.6 Å². The van der Waals surface area contributed by atoms with Crippen LogP contribution in [-0.4, -0.2) is 0 Å². The average molecular weight is 304 g/mol. The predicted octanol–water partition coefficient (Wildman–Crippen LogP) is 4.49. The van der Waals surface area contributed by atoms with Crippen LogP contribution in [0.2, 0.25) is 0 Å². The van der Waals surface area contributed by atoms with E-state index in [0.717, 1.165) is 24.2 Å². The molecule has 4 bridgehead atoms. The molecule has 4 saturated carbocycles. The quantitative estimate of drug-likeness (QED) is 0.736. The molecule has 4 aliphatic carbocycles. The number of nitrogens with zero attached hydrogens (tertiary/aromatic N) is 1. The molecule has 0 spiro atoms. The molecular formula is C22H26N+.